The van der Waals surface area contributed by atoms with Gasteiger partial charge in [0.05, 0.1) is 29.4 Å². The number of anilines is 3. The molecule has 8 nitrogen and oxygen atoms in total. The number of hydrogen-bond acceptors (Lipinski definition) is 6. The van der Waals surface area contributed by atoms with Crippen molar-refractivity contribution >= 4 is 46.5 Å². The van der Waals surface area contributed by atoms with E-state index in [1.54, 1.807) is 6.07 Å². The van der Waals surface area contributed by atoms with Gasteiger partial charge in [0.25, 0.3) is 5.91 Å². The van der Waals surface area contributed by atoms with Crippen LogP contribution in [0.1, 0.15) is 34.5 Å². The molecule has 0 aliphatic carbocycles. The van der Waals surface area contributed by atoms with Crippen molar-refractivity contribution in [1.82, 2.24) is 19.9 Å². The molecular formula is C26H28ClFN6O2. The van der Waals surface area contributed by atoms with Crippen LogP contribution in [-0.2, 0) is 16.0 Å². The van der Waals surface area contributed by atoms with Gasteiger partial charge in [-0.2, -0.15) is 0 Å². The Morgan fingerprint density at radius 1 is 1.25 bits per heavy atom. The van der Waals surface area contributed by atoms with Gasteiger partial charge in [-0.25, -0.2) is 14.4 Å². The number of aromatic nitrogens is 3. The quantitative estimate of drug-likeness (QED) is 0.398. The standard InChI is InChI=1S/C26H28ClFN6O2/c1-15-18(4-3-7-34-8-10-36-11-9-34)16(2)31-22(15)13-19-23-24(29-14-30-25(23)33-26(19)35)32-17-5-6-21(28)20(27)12-17/h5-6,12-14,31H,3-4,7-11H2,1-2H3,(H2,29,30,32,33,35). The van der Waals surface area contributed by atoms with Gasteiger partial charge < -0.3 is 20.4 Å². The van der Waals surface area contributed by atoms with Crippen LogP contribution in [0.15, 0.2) is 24.5 Å². The number of fused-ring (bicyclic) bond motifs is 1. The van der Waals surface area contributed by atoms with Crippen molar-refractivity contribution in [2.45, 2.75) is 26.7 Å². The molecule has 3 aromatic rings. The molecule has 1 aromatic carbocycles. The summed E-state index contributed by atoms with van der Waals surface area (Å²) in [6, 6.07) is 4.31. The van der Waals surface area contributed by atoms with Gasteiger partial charge in [0.2, 0.25) is 0 Å². The first kappa shape index (κ1) is 24.4. The van der Waals surface area contributed by atoms with Gasteiger partial charge in [0.15, 0.2) is 0 Å². The summed E-state index contributed by atoms with van der Waals surface area (Å²) in [4.78, 5) is 27.4. The number of hydrogen-bond donors (Lipinski definition) is 3. The minimum atomic E-state index is -0.508. The van der Waals surface area contributed by atoms with Crippen LogP contribution < -0.4 is 10.6 Å². The van der Waals surface area contributed by atoms with Gasteiger partial charge in [-0.05, 0) is 68.6 Å². The summed E-state index contributed by atoms with van der Waals surface area (Å²) in [5.74, 6) is 0.0830. The minimum absolute atomic E-state index is 0.00527. The average molecular weight is 511 g/mol. The summed E-state index contributed by atoms with van der Waals surface area (Å²) in [7, 11) is 0. The molecule has 188 valence electrons. The van der Waals surface area contributed by atoms with Gasteiger partial charge >= 0.3 is 0 Å². The Labute approximate surface area is 213 Å². The van der Waals surface area contributed by atoms with Crippen LogP contribution in [0.3, 0.4) is 0 Å². The van der Waals surface area contributed by atoms with E-state index in [-0.39, 0.29) is 10.9 Å². The molecule has 0 atom stereocenters. The number of morpholine rings is 1. The lowest BCUT2D eigenvalue weighted by Gasteiger charge is -2.26. The molecule has 3 N–H and O–H groups in total. The molecule has 0 radical (unpaired) electrons. The summed E-state index contributed by atoms with van der Waals surface area (Å²) >= 11 is 5.93. The fourth-order valence-electron chi connectivity index (χ4n) is 4.75. The number of aromatic amines is 1. The van der Waals surface area contributed by atoms with Gasteiger partial charge in [-0.15, -0.1) is 0 Å². The molecule has 2 aliphatic rings. The van der Waals surface area contributed by atoms with E-state index in [2.05, 4.69) is 44.3 Å². The zero-order chi connectivity index (χ0) is 25.2. The molecule has 2 aromatic heterocycles. The van der Waals surface area contributed by atoms with E-state index >= 15 is 0 Å². The van der Waals surface area contributed by atoms with E-state index in [1.807, 2.05) is 6.08 Å². The van der Waals surface area contributed by atoms with Crippen LogP contribution in [0, 0.1) is 19.7 Å². The third kappa shape index (κ3) is 5.00. The number of nitrogens with one attached hydrogen (secondary N) is 3. The van der Waals surface area contributed by atoms with Crippen molar-refractivity contribution in [3.05, 3.63) is 63.4 Å². The van der Waals surface area contributed by atoms with Gasteiger partial charge in [0.1, 0.15) is 23.8 Å². The SMILES string of the molecule is Cc1[nH]c(C=C2C(=O)Nc3ncnc(Nc4ccc(F)c(Cl)c4)c32)c(C)c1CCCN1CCOCC1. The summed E-state index contributed by atoms with van der Waals surface area (Å²) in [5.41, 5.74) is 5.94. The van der Waals surface area contributed by atoms with Crippen LogP contribution in [0.4, 0.5) is 21.7 Å². The Bertz CT molecular complexity index is 1330. The molecular weight excluding hydrogens is 483 g/mol. The van der Waals surface area contributed by atoms with Crippen molar-refractivity contribution in [3.63, 3.8) is 0 Å². The number of carbonyl (C=O) groups is 1. The first-order valence-electron chi connectivity index (χ1n) is 12.0. The normalized spacial score (nSPS) is 16.9. The zero-order valence-electron chi connectivity index (χ0n) is 20.3. The number of aryl methyl sites for hydroxylation is 1. The summed E-state index contributed by atoms with van der Waals surface area (Å²) in [5, 5.41) is 5.95. The molecule has 4 heterocycles. The summed E-state index contributed by atoms with van der Waals surface area (Å²) < 4.78 is 19.0. The van der Waals surface area contributed by atoms with Crippen molar-refractivity contribution < 1.29 is 13.9 Å². The van der Waals surface area contributed by atoms with E-state index in [0.717, 1.165) is 62.6 Å². The zero-order valence-corrected chi connectivity index (χ0v) is 21.0. The second-order valence-electron chi connectivity index (χ2n) is 9.04. The number of rotatable bonds is 7. The Morgan fingerprint density at radius 2 is 2.06 bits per heavy atom. The van der Waals surface area contributed by atoms with Crippen molar-refractivity contribution in [3.8, 4) is 0 Å². The Kier molecular flexibility index (Phi) is 7.04. The van der Waals surface area contributed by atoms with Crippen LogP contribution in [-0.4, -0.2) is 58.6 Å². The Morgan fingerprint density at radius 3 is 2.83 bits per heavy atom. The van der Waals surface area contributed by atoms with Crippen LogP contribution >= 0.6 is 11.6 Å². The van der Waals surface area contributed by atoms with E-state index in [9.17, 15) is 9.18 Å². The smallest absolute Gasteiger partial charge is 0.257 e. The van der Waals surface area contributed by atoms with Gasteiger partial charge in [0, 0.05) is 30.2 Å². The minimum Gasteiger partial charge on any atom is -0.379 e. The average Bonchev–Trinajstić information content (AvgIpc) is 3.33. The van der Waals surface area contributed by atoms with Gasteiger partial charge in [-0.1, -0.05) is 11.6 Å². The third-order valence-corrected chi connectivity index (χ3v) is 6.99. The fourth-order valence-corrected chi connectivity index (χ4v) is 4.93. The molecule has 2 aliphatic heterocycles. The van der Waals surface area contributed by atoms with Crippen molar-refractivity contribution in [1.29, 1.82) is 0 Å². The first-order chi connectivity index (χ1) is 17.4. The highest BCUT2D eigenvalue weighted by molar-refractivity contribution is 6.35. The molecule has 5 rings (SSSR count). The van der Waals surface area contributed by atoms with E-state index < -0.39 is 5.82 Å². The number of benzene rings is 1. The fraction of sp³-hybridized carbons (Fsp3) is 0.346. The van der Waals surface area contributed by atoms with E-state index in [0.29, 0.717) is 28.5 Å². The number of amides is 1. The second kappa shape index (κ2) is 10.4. The highest BCUT2D eigenvalue weighted by Crippen LogP contribution is 2.38. The Balaban J connectivity index is 1.40. The second-order valence-corrected chi connectivity index (χ2v) is 9.44. The van der Waals surface area contributed by atoms with E-state index in [4.69, 9.17) is 16.3 Å². The maximum Gasteiger partial charge on any atom is 0.257 e. The monoisotopic (exact) mass is 510 g/mol. The maximum atomic E-state index is 13.6. The molecule has 0 unspecified atom stereocenters. The summed E-state index contributed by atoms with van der Waals surface area (Å²) in [6.45, 7) is 8.76. The first-order valence-corrected chi connectivity index (χ1v) is 12.4. The molecule has 10 heteroatoms. The van der Waals surface area contributed by atoms with Crippen LogP contribution in [0.25, 0.3) is 11.6 Å². The van der Waals surface area contributed by atoms with Gasteiger partial charge in [-0.3, -0.25) is 9.69 Å². The largest absolute Gasteiger partial charge is 0.379 e. The van der Waals surface area contributed by atoms with E-state index in [1.165, 1.54) is 24.0 Å². The lowest BCUT2D eigenvalue weighted by atomic mass is 10.0. The van der Waals surface area contributed by atoms with Crippen LogP contribution in [0.5, 0.6) is 0 Å². The Hall–Kier alpha value is -3.27. The third-order valence-electron chi connectivity index (χ3n) is 6.70. The molecule has 0 bridgehead atoms. The molecule has 0 saturated carbocycles. The maximum absolute atomic E-state index is 13.6. The predicted molar refractivity (Wildman–Crippen MR) is 139 cm³/mol. The lowest BCUT2D eigenvalue weighted by molar-refractivity contribution is -0.110. The topological polar surface area (TPSA) is 95.2 Å². The highest BCUT2D eigenvalue weighted by atomic mass is 35.5. The number of halogens is 2. The number of carbonyl (C=O) groups excluding carboxylic acids is 1. The lowest BCUT2D eigenvalue weighted by Crippen LogP contribution is -2.36. The number of ether oxygens (including phenoxy) is 1. The molecule has 1 saturated heterocycles. The van der Waals surface area contributed by atoms with Crippen molar-refractivity contribution in [2.75, 3.05) is 43.5 Å². The molecule has 1 fully saturated rings. The number of H-pyrrole nitrogens is 1. The summed E-state index contributed by atoms with van der Waals surface area (Å²) in [6.07, 6.45) is 5.23. The molecule has 1 amide bonds. The van der Waals surface area contributed by atoms with Crippen LogP contribution in [0.2, 0.25) is 5.02 Å². The molecule has 36 heavy (non-hydrogen) atoms. The predicted octanol–water partition coefficient (Wildman–Crippen LogP) is 4.72. The molecule has 0 spiro atoms. The highest BCUT2D eigenvalue weighted by Gasteiger charge is 2.30. The number of nitrogens with zero attached hydrogens (tertiary/aromatic N) is 3. The van der Waals surface area contributed by atoms with Crippen molar-refractivity contribution in [2.24, 2.45) is 0 Å².